The molecule has 0 radical (unpaired) electrons. The Bertz CT molecular complexity index is 414. The molecule has 1 aliphatic heterocycles. The van der Waals surface area contributed by atoms with E-state index < -0.39 is 0 Å². The van der Waals surface area contributed by atoms with E-state index in [-0.39, 0.29) is 12.0 Å². The normalized spacial score (nSPS) is 19.2. The molecule has 0 amide bonds. The lowest BCUT2D eigenvalue weighted by molar-refractivity contribution is 0.192. The molecule has 1 saturated heterocycles. The molecule has 0 bridgehead atoms. The van der Waals surface area contributed by atoms with Crippen molar-refractivity contribution in [1.82, 2.24) is 20.0 Å². The smallest absolute Gasteiger partial charge is 0.230 e. The molecule has 1 aliphatic rings. The second-order valence-corrected chi connectivity index (χ2v) is 6.45. The van der Waals surface area contributed by atoms with E-state index >= 15 is 0 Å². The number of rotatable bonds is 4. The maximum absolute atomic E-state index is 9.00. The molecule has 0 spiro atoms. The lowest BCUT2D eigenvalue weighted by Crippen LogP contribution is -2.32. The van der Waals surface area contributed by atoms with Gasteiger partial charge in [0.2, 0.25) is 11.8 Å². The van der Waals surface area contributed by atoms with Crippen molar-refractivity contribution >= 4 is 0 Å². The molecule has 20 heavy (non-hydrogen) atoms. The Kier molecular flexibility index (Phi) is 5.12. The van der Waals surface area contributed by atoms with Gasteiger partial charge in [0, 0.05) is 25.0 Å². The summed E-state index contributed by atoms with van der Waals surface area (Å²) in [6, 6.07) is 0. The lowest BCUT2D eigenvalue weighted by Gasteiger charge is -2.19. The van der Waals surface area contributed by atoms with E-state index in [1.807, 2.05) is 0 Å². The van der Waals surface area contributed by atoms with Crippen LogP contribution in [0.5, 0.6) is 0 Å². The zero-order valence-electron chi connectivity index (χ0n) is 12.8. The number of β-amino-alcohol motifs (C(OH)–C–C–N with tert-alkyl or cyclic N) is 1. The fraction of sp³-hybridized carbons (Fsp3) is 0.857. The van der Waals surface area contributed by atoms with Gasteiger partial charge in [0.15, 0.2) is 0 Å². The summed E-state index contributed by atoms with van der Waals surface area (Å²) in [5.74, 6) is 1.40. The van der Waals surface area contributed by atoms with Crippen molar-refractivity contribution in [1.29, 1.82) is 0 Å². The summed E-state index contributed by atoms with van der Waals surface area (Å²) in [6.07, 6.45) is 1.11. The first-order valence-electron chi connectivity index (χ1n) is 7.37. The fourth-order valence-electron chi connectivity index (χ4n) is 2.36. The van der Waals surface area contributed by atoms with E-state index in [1.54, 1.807) is 0 Å². The highest BCUT2D eigenvalue weighted by Crippen LogP contribution is 2.20. The first kappa shape index (κ1) is 15.4. The highest BCUT2D eigenvalue weighted by atomic mass is 16.4. The SMILES string of the molecule is CC(C)(C)c1nnc(CN2CCCN(CCO)CC2)o1. The predicted molar refractivity (Wildman–Crippen MR) is 76.4 cm³/mol. The highest BCUT2D eigenvalue weighted by Gasteiger charge is 2.22. The van der Waals surface area contributed by atoms with Crippen LogP contribution >= 0.6 is 0 Å². The van der Waals surface area contributed by atoms with Gasteiger partial charge in [-0.2, -0.15) is 0 Å². The molecule has 114 valence electrons. The molecule has 1 N–H and O–H groups in total. The Morgan fingerprint density at radius 2 is 1.80 bits per heavy atom. The molecule has 1 fully saturated rings. The molecule has 0 aliphatic carbocycles. The van der Waals surface area contributed by atoms with Crippen LogP contribution in [0.1, 0.15) is 39.0 Å². The van der Waals surface area contributed by atoms with Crippen molar-refractivity contribution in [3.05, 3.63) is 11.8 Å². The lowest BCUT2D eigenvalue weighted by atomic mass is 9.97. The second-order valence-electron chi connectivity index (χ2n) is 6.45. The van der Waals surface area contributed by atoms with Crippen molar-refractivity contribution in [3.63, 3.8) is 0 Å². The third-order valence-electron chi connectivity index (χ3n) is 3.56. The summed E-state index contributed by atoms with van der Waals surface area (Å²) in [6.45, 7) is 12.0. The molecule has 6 nitrogen and oxygen atoms in total. The summed E-state index contributed by atoms with van der Waals surface area (Å²) < 4.78 is 5.75. The van der Waals surface area contributed by atoms with Crippen LogP contribution in [0.2, 0.25) is 0 Å². The number of aliphatic hydroxyl groups is 1. The minimum absolute atomic E-state index is 0.0953. The first-order valence-corrected chi connectivity index (χ1v) is 7.37. The van der Waals surface area contributed by atoms with Gasteiger partial charge in [0.05, 0.1) is 13.2 Å². The van der Waals surface area contributed by atoms with Crippen LogP contribution in [-0.4, -0.2) is 64.4 Å². The predicted octanol–water partition coefficient (Wildman–Crippen LogP) is 0.867. The Balaban J connectivity index is 1.88. The zero-order chi connectivity index (χ0) is 14.6. The van der Waals surface area contributed by atoms with Crippen LogP contribution in [0, 0.1) is 0 Å². The van der Waals surface area contributed by atoms with Gasteiger partial charge in [-0.3, -0.25) is 9.80 Å². The number of hydrogen-bond acceptors (Lipinski definition) is 6. The van der Waals surface area contributed by atoms with Gasteiger partial charge in [-0.05, 0) is 19.5 Å². The molecule has 1 aromatic rings. The summed E-state index contributed by atoms with van der Waals surface area (Å²) >= 11 is 0. The Morgan fingerprint density at radius 3 is 2.45 bits per heavy atom. The van der Waals surface area contributed by atoms with Crippen molar-refractivity contribution in [2.75, 3.05) is 39.3 Å². The molecule has 0 aromatic carbocycles. The van der Waals surface area contributed by atoms with Crippen molar-refractivity contribution in [2.24, 2.45) is 0 Å². The zero-order valence-corrected chi connectivity index (χ0v) is 12.8. The van der Waals surface area contributed by atoms with Gasteiger partial charge < -0.3 is 9.52 Å². The molecule has 0 saturated carbocycles. The number of nitrogens with zero attached hydrogens (tertiary/aromatic N) is 4. The largest absolute Gasteiger partial charge is 0.423 e. The Labute approximate surface area is 120 Å². The highest BCUT2D eigenvalue weighted by molar-refractivity contribution is 4.96. The standard InChI is InChI=1S/C14H26N4O2/c1-14(2,3)13-16-15-12(20-13)11-18-6-4-5-17(7-8-18)9-10-19/h19H,4-11H2,1-3H3. The monoisotopic (exact) mass is 282 g/mol. The topological polar surface area (TPSA) is 65.6 Å². The van der Waals surface area contributed by atoms with Gasteiger partial charge in [-0.15, -0.1) is 10.2 Å². The van der Waals surface area contributed by atoms with Gasteiger partial charge in [0.25, 0.3) is 0 Å². The second kappa shape index (κ2) is 6.65. The van der Waals surface area contributed by atoms with E-state index in [1.165, 1.54) is 0 Å². The van der Waals surface area contributed by atoms with Gasteiger partial charge in [0.1, 0.15) is 0 Å². The van der Waals surface area contributed by atoms with Gasteiger partial charge in [-0.1, -0.05) is 20.8 Å². The van der Waals surface area contributed by atoms with Crippen LogP contribution in [0.15, 0.2) is 4.42 Å². The fourth-order valence-corrected chi connectivity index (χ4v) is 2.36. The van der Waals surface area contributed by atoms with Crippen molar-refractivity contribution < 1.29 is 9.52 Å². The summed E-state index contributed by atoms with van der Waals surface area (Å²) in [5.41, 5.74) is -0.0953. The molecular formula is C14H26N4O2. The van der Waals surface area contributed by atoms with E-state index in [9.17, 15) is 0 Å². The first-order chi connectivity index (χ1) is 9.49. The molecule has 6 heteroatoms. The van der Waals surface area contributed by atoms with Gasteiger partial charge >= 0.3 is 0 Å². The Hall–Kier alpha value is -0.980. The van der Waals surface area contributed by atoms with E-state index in [0.29, 0.717) is 11.8 Å². The van der Waals surface area contributed by atoms with Crippen LogP contribution in [0.3, 0.4) is 0 Å². The van der Waals surface area contributed by atoms with E-state index in [2.05, 4.69) is 40.8 Å². The average molecular weight is 282 g/mol. The maximum Gasteiger partial charge on any atom is 0.230 e. The van der Waals surface area contributed by atoms with Crippen LogP contribution < -0.4 is 0 Å². The van der Waals surface area contributed by atoms with Crippen LogP contribution in [-0.2, 0) is 12.0 Å². The quantitative estimate of drug-likeness (QED) is 0.884. The average Bonchev–Trinajstić information content (AvgIpc) is 2.73. The summed E-state index contributed by atoms with van der Waals surface area (Å²) in [4.78, 5) is 4.64. The molecule has 2 heterocycles. The van der Waals surface area contributed by atoms with E-state index in [0.717, 1.165) is 45.7 Å². The Morgan fingerprint density at radius 1 is 1.10 bits per heavy atom. The maximum atomic E-state index is 9.00. The van der Waals surface area contributed by atoms with Crippen molar-refractivity contribution in [3.8, 4) is 0 Å². The number of aromatic nitrogens is 2. The molecule has 0 atom stereocenters. The minimum Gasteiger partial charge on any atom is -0.423 e. The molecular weight excluding hydrogens is 256 g/mol. The third-order valence-corrected chi connectivity index (χ3v) is 3.56. The van der Waals surface area contributed by atoms with Crippen molar-refractivity contribution in [2.45, 2.75) is 39.2 Å². The van der Waals surface area contributed by atoms with Crippen LogP contribution in [0.25, 0.3) is 0 Å². The molecule has 1 aromatic heterocycles. The van der Waals surface area contributed by atoms with E-state index in [4.69, 9.17) is 9.52 Å². The van der Waals surface area contributed by atoms with Gasteiger partial charge in [-0.25, -0.2) is 0 Å². The summed E-state index contributed by atoms with van der Waals surface area (Å²) in [7, 11) is 0. The summed E-state index contributed by atoms with van der Waals surface area (Å²) in [5, 5.41) is 17.3. The molecule has 0 unspecified atom stereocenters. The minimum atomic E-state index is -0.0953. The molecule has 2 rings (SSSR count). The van der Waals surface area contributed by atoms with Crippen LogP contribution in [0.4, 0.5) is 0 Å². The third kappa shape index (κ3) is 4.26. The number of aliphatic hydroxyl groups excluding tert-OH is 1. The number of hydrogen-bond donors (Lipinski definition) is 1.